The zero-order valence-corrected chi connectivity index (χ0v) is 17.1. The Morgan fingerprint density at radius 3 is 2.82 bits per heavy atom. The van der Waals surface area contributed by atoms with E-state index in [4.69, 9.17) is 0 Å². The third-order valence-electron chi connectivity index (χ3n) is 5.64. The molecule has 0 radical (unpaired) electrons. The van der Waals surface area contributed by atoms with Gasteiger partial charge in [-0.05, 0) is 51.4 Å². The first-order valence-electron chi connectivity index (χ1n) is 10.2. The van der Waals surface area contributed by atoms with Crippen LogP contribution in [0.1, 0.15) is 54.1 Å². The summed E-state index contributed by atoms with van der Waals surface area (Å²) >= 11 is 0. The van der Waals surface area contributed by atoms with Crippen molar-refractivity contribution in [2.45, 2.75) is 59.2 Å². The van der Waals surface area contributed by atoms with Crippen molar-refractivity contribution in [3.05, 3.63) is 63.3 Å². The van der Waals surface area contributed by atoms with E-state index in [9.17, 15) is 9.59 Å². The molecule has 6 nitrogen and oxygen atoms in total. The highest BCUT2D eigenvalue weighted by Crippen LogP contribution is 2.21. The maximum absolute atomic E-state index is 12.9. The number of nitrogens with one attached hydrogen (secondary N) is 1. The van der Waals surface area contributed by atoms with E-state index in [-0.39, 0.29) is 16.9 Å². The highest BCUT2D eigenvalue weighted by molar-refractivity contribution is 5.95. The van der Waals surface area contributed by atoms with Gasteiger partial charge in [0.05, 0.1) is 12.2 Å². The molecule has 1 fully saturated rings. The first-order chi connectivity index (χ1) is 13.5. The van der Waals surface area contributed by atoms with E-state index in [1.54, 1.807) is 12.3 Å². The van der Waals surface area contributed by atoms with Crippen LogP contribution in [0.15, 0.2) is 35.3 Å². The molecule has 1 amide bonds. The van der Waals surface area contributed by atoms with Gasteiger partial charge < -0.3 is 9.88 Å². The van der Waals surface area contributed by atoms with Gasteiger partial charge in [-0.25, -0.2) is 0 Å². The predicted octanol–water partition coefficient (Wildman–Crippen LogP) is 2.53. The van der Waals surface area contributed by atoms with Gasteiger partial charge >= 0.3 is 0 Å². The van der Waals surface area contributed by atoms with E-state index in [1.807, 2.05) is 32.0 Å². The van der Waals surface area contributed by atoms with Gasteiger partial charge in [0, 0.05) is 36.2 Å². The van der Waals surface area contributed by atoms with E-state index < -0.39 is 0 Å². The van der Waals surface area contributed by atoms with E-state index in [0.29, 0.717) is 19.0 Å². The predicted molar refractivity (Wildman–Crippen MR) is 110 cm³/mol. The molecule has 6 heteroatoms. The summed E-state index contributed by atoms with van der Waals surface area (Å²) in [6.07, 6.45) is 4.70. The lowest BCUT2D eigenvalue weighted by Crippen LogP contribution is -2.37. The largest absolute Gasteiger partial charge is 0.346 e. The van der Waals surface area contributed by atoms with Crippen molar-refractivity contribution in [2.75, 3.05) is 13.1 Å². The third kappa shape index (κ3) is 4.33. The molecule has 3 heterocycles. The summed E-state index contributed by atoms with van der Waals surface area (Å²) in [4.78, 5) is 32.3. The van der Waals surface area contributed by atoms with Crippen LogP contribution < -0.4 is 10.7 Å². The number of amides is 1. The minimum absolute atomic E-state index is 0.206. The standard InChI is InChI=1S/C22H30N4O2/c1-4-19-21(22(28)24-14-17-9-6-7-11-23-17)20(27)13-16(3)26(19)15-18-10-8-12-25(18)5-2/h6-7,9,11,13,18H,4-5,8,10,12,14-15H2,1-3H3,(H,24,28)/t18-/m1/s1. The number of likely N-dealkylation sites (N-methyl/N-ethyl adjacent to an activating group) is 1. The summed E-state index contributed by atoms with van der Waals surface area (Å²) in [5, 5.41) is 2.87. The molecule has 0 bridgehead atoms. The molecule has 0 saturated carbocycles. The number of carbonyl (C=O) groups excluding carboxylic acids is 1. The van der Waals surface area contributed by atoms with Gasteiger partial charge in [-0.1, -0.05) is 19.9 Å². The maximum atomic E-state index is 12.9. The van der Waals surface area contributed by atoms with Crippen LogP contribution in [0.25, 0.3) is 0 Å². The van der Waals surface area contributed by atoms with Crippen LogP contribution in [0.4, 0.5) is 0 Å². The van der Waals surface area contributed by atoms with Crippen molar-refractivity contribution in [1.82, 2.24) is 19.8 Å². The Labute approximate surface area is 166 Å². The zero-order valence-electron chi connectivity index (χ0n) is 17.1. The molecule has 1 aliphatic rings. The van der Waals surface area contributed by atoms with Gasteiger partial charge in [0.1, 0.15) is 5.56 Å². The fourth-order valence-electron chi connectivity index (χ4n) is 4.19. The lowest BCUT2D eigenvalue weighted by atomic mass is 10.1. The topological polar surface area (TPSA) is 67.2 Å². The Morgan fingerprint density at radius 1 is 1.32 bits per heavy atom. The summed E-state index contributed by atoms with van der Waals surface area (Å²) in [7, 11) is 0. The van der Waals surface area contributed by atoms with Crippen LogP contribution in [-0.4, -0.2) is 39.5 Å². The maximum Gasteiger partial charge on any atom is 0.257 e. The van der Waals surface area contributed by atoms with Gasteiger partial charge in [-0.15, -0.1) is 0 Å². The van der Waals surface area contributed by atoms with E-state index >= 15 is 0 Å². The lowest BCUT2D eigenvalue weighted by Gasteiger charge is -2.27. The first-order valence-corrected chi connectivity index (χ1v) is 10.2. The number of pyridine rings is 2. The normalized spacial score (nSPS) is 17.0. The van der Waals surface area contributed by atoms with Crippen LogP contribution in [-0.2, 0) is 19.5 Å². The molecule has 28 heavy (non-hydrogen) atoms. The fraction of sp³-hybridized carbons (Fsp3) is 0.500. The lowest BCUT2D eigenvalue weighted by molar-refractivity contribution is 0.0947. The molecule has 1 saturated heterocycles. The van der Waals surface area contributed by atoms with Crippen molar-refractivity contribution >= 4 is 5.91 Å². The van der Waals surface area contributed by atoms with Gasteiger partial charge in [-0.3, -0.25) is 19.5 Å². The van der Waals surface area contributed by atoms with E-state index in [2.05, 4.69) is 26.7 Å². The first kappa shape index (κ1) is 20.3. The molecule has 1 aliphatic heterocycles. The number of likely N-dealkylation sites (tertiary alicyclic amines) is 1. The van der Waals surface area contributed by atoms with Crippen molar-refractivity contribution in [1.29, 1.82) is 0 Å². The van der Waals surface area contributed by atoms with Gasteiger partial charge in [-0.2, -0.15) is 0 Å². The molecule has 1 N–H and O–H groups in total. The minimum atomic E-state index is -0.319. The Hall–Kier alpha value is -2.47. The van der Waals surface area contributed by atoms with Crippen molar-refractivity contribution in [3.63, 3.8) is 0 Å². The molecular weight excluding hydrogens is 352 g/mol. The summed E-state index contributed by atoms with van der Waals surface area (Å²) in [5.74, 6) is -0.319. The van der Waals surface area contributed by atoms with Crippen molar-refractivity contribution < 1.29 is 4.79 Å². The molecular formula is C22H30N4O2. The van der Waals surface area contributed by atoms with Crippen molar-refractivity contribution in [2.24, 2.45) is 0 Å². The molecule has 0 unspecified atom stereocenters. The zero-order chi connectivity index (χ0) is 20.1. The van der Waals surface area contributed by atoms with E-state index in [1.165, 1.54) is 6.42 Å². The Bertz CT molecular complexity index is 876. The van der Waals surface area contributed by atoms with Gasteiger partial charge in [0.15, 0.2) is 5.43 Å². The van der Waals surface area contributed by atoms with E-state index in [0.717, 1.165) is 43.1 Å². The Kier molecular flexibility index (Phi) is 6.62. The summed E-state index contributed by atoms with van der Waals surface area (Å²) in [6, 6.07) is 7.63. The third-order valence-corrected chi connectivity index (χ3v) is 5.64. The fourth-order valence-corrected chi connectivity index (χ4v) is 4.19. The van der Waals surface area contributed by atoms with Gasteiger partial charge in [0.25, 0.3) is 5.91 Å². The SMILES string of the molecule is CCc1c(C(=O)NCc2ccccn2)c(=O)cc(C)n1C[C@H]1CCCN1CC. The van der Waals surface area contributed by atoms with Crippen molar-refractivity contribution in [3.8, 4) is 0 Å². The quantitative estimate of drug-likeness (QED) is 0.799. The smallest absolute Gasteiger partial charge is 0.257 e. The molecule has 2 aromatic rings. The molecule has 0 spiro atoms. The number of rotatable bonds is 7. The summed E-state index contributed by atoms with van der Waals surface area (Å²) < 4.78 is 2.18. The second-order valence-corrected chi connectivity index (χ2v) is 7.36. The number of hydrogen-bond acceptors (Lipinski definition) is 4. The molecule has 0 aliphatic carbocycles. The average Bonchev–Trinajstić information content (AvgIpc) is 3.15. The van der Waals surface area contributed by atoms with Crippen LogP contribution in [0, 0.1) is 6.92 Å². The Balaban J connectivity index is 1.88. The molecule has 0 aromatic carbocycles. The molecule has 2 aromatic heterocycles. The number of hydrogen-bond donors (Lipinski definition) is 1. The summed E-state index contributed by atoms with van der Waals surface area (Å²) in [5.41, 5.74) is 2.58. The van der Waals surface area contributed by atoms with Gasteiger partial charge in [0.2, 0.25) is 0 Å². The second kappa shape index (κ2) is 9.15. The minimum Gasteiger partial charge on any atom is -0.346 e. The molecule has 150 valence electrons. The Morgan fingerprint density at radius 2 is 2.14 bits per heavy atom. The molecule has 3 rings (SSSR count). The number of carbonyl (C=O) groups is 1. The number of nitrogens with zero attached hydrogens (tertiary/aromatic N) is 3. The van der Waals surface area contributed by atoms with Crippen LogP contribution in [0.2, 0.25) is 0 Å². The van der Waals surface area contributed by atoms with Crippen LogP contribution in [0.5, 0.6) is 0 Å². The summed E-state index contributed by atoms with van der Waals surface area (Å²) in [6.45, 7) is 9.44. The molecule has 1 atom stereocenters. The monoisotopic (exact) mass is 382 g/mol. The average molecular weight is 383 g/mol. The highest BCUT2D eigenvalue weighted by atomic mass is 16.2. The van der Waals surface area contributed by atoms with Crippen LogP contribution >= 0.6 is 0 Å². The number of aryl methyl sites for hydroxylation is 1. The second-order valence-electron chi connectivity index (χ2n) is 7.36. The van der Waals surface area contributed by atoms with Crippen LogP contribution in [0.3, 0.4) is 0 Å². The highest BCUT2D eigenvalue weighted by Gasteiger charge is 2.26. The number of aromatic nitrogens is 2.